The molecule has 1 heterocycles. The Morgan fingerprint density at radius 1 is 1.00 bits per heavy atom. The Kier molecular flexibility index (Phi) is 7.60. The lowest BCUT2D eigenvalue weighted by molar-refractivity contribution is 0.0596. The molecule has 0 radical (unpaired) electrons. The molecule has 9 heteroatoms. The second-order valence-electron chi connectivity index (χ2n) is 6.26. The van der Waals surface area contributed by atoms with Crippen LogP contribution < -0.4 is 19.6 Å². The molecule has 0 aliphatic rings. The summed E-state index contributed by atoms with van der Waals surface area (Å²) in [6.45, 7) is 1.79. The lowest BCUT2D eigenvalue weighted by Gasteiger charge is -2.15. The van der Waals surface area contributed by atoms with Crippen molar-refractivity contribution in [1.29, 1.82) is 0 Å². The van der Waals surface area contributed by atoms with Crippen LogP contribution in [0.1, 0.15) is 39.0 Å². The molecular weight excluding hydrogens is 396 g/mol. The summed E-state index contributed by atoms with van der Waals surface area (Å²) in [5.74, 6) is -1.14. The zero-order valence-corrected chi connectivity index (χ0v) is 17.7. The van der Waals surface area contributed by atoms with Crippen LogP contribution in [0.4, 0.5) is 0 Å². The molecule has 0 amide bonds. The molecule has 0 saturated heterocycles. The second-order valence-corrected chi connectivity index (χ2v) is 6.26. The van der Waals surface area contributed by atoms with E-state index in [2.05, 4.69) is 0 Å². The zero-order chi connectivity index (χ0) is 22.4. The van der Waals surface area contributed by atoms with E-state index < -0.39 is 17.2 Å². The quantitative estimate of drug-likeness (QED) is 0.445. The number of benzene rings is 1. The van der Waals surface area contributed by atoms with Crippen LogP contribution in [0.15, 0.2) is 27.6 Å². The van der Waals surface area contributed by atoms with Crippen LogP contribution in [0, 0.1) is 0 Å². The maximum atomic E-state index is 13.3. The zero-order valence-electron chi connectivity index (χ0n) is 17.7. The number of ketones is 1. The minimum absolute atomic E-state index is 0.0372. The Hall–Kier alpha value is -3.33. The van der Waals surface area contributed by atoms with E-state index in [0.29, 0.717) is 0 Å². The summed E-state index contributed by atoms with van der Waals surface area (Å²) in [5.41, 5.74) is -1.28. The first-order valence-electron chi connectivity index (χ1n) is 8.93. The fourth-order valence-corrected chi connectivity index (χ4v) is 2.84. The predicted molar refractivity (Wildman–Crippen MR) is 106 cm³/mol. The average molecular weight is 420 g/mol. The molecule has 0 aliphatic carbocycles. The van der Waals surface area contributed by atoms with E-state index in [9.17, 15) is 14.4 Å². The maximum Gasteiger partial charge on any atom is 0.338 e. The van der Waals surface area contributed by atoms with Crippen LogP contribution in [0.2, 0.25) is 0 Å². The van der Waals surface area contributed by atoms with Crippen molar-refractivity contribution in [3.05, 3.63) is 51.1 Å². The number of rotatable bonds is 9. The third-order valence-electron chi connectivity index (χ3n) is 4.51. The summed E-state index contributed by atoms with van der Waals surface area (Å²) in [7, 11) is 6.72. The molecule has 1 aromatic heterocycles. The number of methoxy groups -OCH3 is 5. The summed E-state index contributed by atoms with van der Waals surface area (Å²) in [6, 6.07) is 2.75. The van der Waals surface area contributed by atoms with Gasteiger partial charge in [-0.1, -0.05) is 0 Å². The largest absolute Gasteiger partial charge is 0.497 e. The highest BCUT2D eigenvalue weighted by molar-refractivity contribution is 6.16. The Morgan fingerprint density at radius 3 is 2.23 bits per heavy atom. The molecule has 0 spiro atoms. The molecule has 1 aromatic carbocycles. The van der Waals surface area contributed by atoms with Crippen molar-refractivity contribution in [1.82, 2.24) is 0 Å². The third kappa shape index (κ3) is 4.46. The highest BCUT2D eigenvalue weighted by Crippen LogP contribution is 2.31. The highest BCUT2D eigenvalue weighted by Gasteiger charge is 2.29. The Bertz CT molecular complexity index is 991. The van der Waals surface area contributed by atoms with Crippen LogP contribution in [-0.4, -0.2) is 53.4 Å². The number of carbonyl (C=O) groups is 2. The maximum absolute atomic E-state index is 13.3. The van der Waals surface area contributed by atoms with Gasteiger partial charge in [0.15, 0.2) is 5.76 Å². The molecule has 0 aliphatic heterocycles. The van der Waals surface area contributed by atoms with Gasteiger partial charge in [-0.15, -0.1) is 0 Å². The van der Waals surface area contributed by atoms with E-state index in [0.717, 1.165) is 6.26 Å². The van der Waals surface area contributed by atoms with Crippen LogP contribution in [0.5, 0.6) is 17.2 Å². The Labute approximate surface area is 173 Å². The van der Waals surface area contributed by atoms with Gasteiger partial charge in [0, 0.05) is 19.6 Å². The van der Waals surface area contributed by atoms with Gasteiger partial charge in [-0.05, 0) is 13.0 Å². The molecule has 2 rings (SSSR count). The Morgan fingerprint density at radius 2 is 1.70 bits per heavy atom. The minimum Gasteiger partial charge on any atom is -0.497 e. The fraction of sp³-hybridized carbons (Fsp3) is 0.381. The molecule has 1 unspecified atom stereocenters. The van der Waals surface area contributed by atoms with Gasteiger partial charge in [0.1, 0.15) is 23.3 Å². The monoisotopic (exact) mass is 420 g/mol. The standard InChI is InChI=1S/C21H24O9/c1-11(25-2)7-16-20(28-5)19(23)14(10-30-16)18(22)17-13(21(24)29-6)8-12(26-3)9-15(17)27-4/h8-11H,7H2,1-6H3. The topological polar surface area (TPSA) is 110 Å². The predicted octanol–water partition coefficient (Wildman–Crippen LogP) is 2.26. The first kappa shape index (κ1) is 23.0. The summed E-state index contributed by atoms with van der Waals surface area (Å²) < 4.78 is 31.1. The number of ether oxygens (including phenoxy) is 5. The van der Waals surface area contributed by atoms with Gasteiger partial charge in [0.05, 0.1) is 45.7 Å². The molecule has 0 fully saturated rings. The fourth-order valence-electron chi connectivity index (χ4n) is 2.84. The minimum atomic E-state index is -0.794. The number of esters is 1. The molecule has 0 N–H and O–H groups in total. The van der Waals surface area contributed by atoms with E-state index in [-0.39, 0.29) is 52.2 Å². The second kappa shape index (κ2) is 9.93. The van der Waals surface area contributed by atoms with E-state index in [1.165, 1.54) is 47.7 Å². The summed E-state index contributed by atoms with van der Waals surface area (Å²) >= 11 is 0. The van der Waals surface area contributed by atoms with Crippen LogP contribution in [-0.2, 0) is 15.9 Å². The molecule has 9 nitrogen and oxygen atoms in total. The van der Waals surface area contributed by atoms with Crippen molar-refractivity contribution in [3.8, 4) is 17.2 Å². The molecule has 30 heavy (non-hydrogen) atoms. The van der Waals surface area contributed by atoms with Gasteiger partial charge >= 0.3 is 5.97 Å². The van der Waals surface area contributed by atoms with E-state index in [1.807, 2.05) is 0 Å². The van der Waals surface area contributed by atoms with Gasteiger partial charge in [-0.25, -0.2) is 4.79 Å². The molecule has 2 aromatic rings. The summed E-state index contributed by atoms with van der Waals surface area (Å²) in [4.78, 5) is 38.5. The van der Waals surface area contributed by atoms with Crippen molar-refractivity contribution in [3.63, 3.8) is 0 Å². The molecule has 0 saturated carbocycles. The molecule has 0 bridgehead atoms. The third-order valence-corrected chi connectivity index (χ3v) is 4.51. The molecule has 162 valence electrons. The number of hydrogen-bond donors (Lipinski definition) is 0. The molecular formula is C21H24O9. The van der Waals surface area contributed by atoms with Crippen molar-refractivity contribution in [2.24, 2.45) is 0 Å². The van der Waals surface area contributed by atoms with Crippen LogP contribution >= 0.6 is 0 Å². The average Bonchev–Trinajstić information content (AvgIpc) is 2.77. The van der Waals surface area contributed by atoms with Gasteiger partial charge in [0.25, 0.3) is 0 Å². The highest BCUT2D eigenvalue weighted by atomic mass is 16.5. The number of hydrogen-bond acceptors (Lipinski definition) is 9. The van der Waals surface area contributed by atoms with E-state index in [4.69, 9.17) is 28.1 Å². The van der Waals surface area contributed by atoms with Crippen LogP contribution in [0.3, 0.4) is 0 Å². The van der Waals surface area contributed by atoms with E-state index >= 15 is 0 Å². The van der Waals surface area contributed by atoms with Gasteiger partial charge in [-0.3, -0.25) is 9.59 Å². The van der Waals surface area contributed by atoms with Gasteiger partial charge in [0.2, 0.25) is 17.0 Å². The van der Waals surface area contributed by atoms with Crippen LogP contribution in [0.25, 0.3) is 0 Å². The van der Waals surface area contributed by atoms with Crippen molar-refractivity contribution in [2.45, 2.75) is 19.4 Å². The Balaban J connectivity index is 2.68. The SMILES string of the molecule is COC(=O)c1cc(OC)cc(OC)c1C(=O)c1coc(CC(C)OC)c(OC)c1=O. The first-order valence-corrected chi connectivity index (χ1v) is 8.93. The van der Waals surface area contributed by atoms with Crippen molar-refractivity contribution >= 4 is 11.8 Å². The summed E-state index contributed by atoms with van der Waals surface area (Å²) in [5, 5.41) is 0. The normalized spacial score (nSPS) is 11.5. The lowest BCUT2D eigenvalue weighted by Crippen LogP contribution is -2.22. The smallest absolute Gasteiger partial charge is 0.338 e. The number of carbonyl (C=O) groups excluding carboxylic acids is 2. The summed E-state index contributed by atoms with van der Waals surface area (Å²) in [6.07, 6.45) is 1.06. The molecule has 1 atom stereocenters. The lowest BCUT2D eigenvalue weighted by atomic mass is 9.97. The van der Waals surface area contributed by atoms with E-state index in [1.54, 1.807) is 6.92 Å². The van der Waals surface area contributed by atoms with Gasteiger partial charge in [-0.2, -0.15) is 0 Å². The van der Waals surface area contributed by atoms with Crippen molar-refractivity contribution < 1.29 is 37.7 Å². The van der Waals surface area contributed by atoms with Crippen molar-refractivity contribution in [2.75, 3.05) is 35.5 Å². The first-order chi connectivity index (χ1) is 14.3. The van der Waals surface area contributed by atoms with Gasteiger partial charge < -0.3 is 28.1 Å².